The molecule has 0 aliphatic carbocycles. The molecule has 0 saturated heterocycles. The minimum atomic E-state index is -0.892. The number of nitrogens with one attached hydrogen (secondary N) is 1. The Morgan fingerprint density at radius 3 is 2.75 bits per heavy atom. The van der Waals surface area contributed by atoms with Crippen LogP contribution in [-0.4, -0.2) is 36.9 Å². The summed E-state index contributed by atoms with van der Waals surface area (Å²) in [4.78, 5) is 30.4. The van der Waals surface area contributed by atoms with Gasteiger partial charge >= 0.3 is 5.69 Å². The Morgan fingerprint density at radius 1 is 1.21 bits per heavy atom. The number of benzene rings is 2. The van der Waals surface area contributed by atoms with Crippen molar-refractivity contribution in [1.82, 2.24) is 19.1 Å². The van der Waals surface area contributed by atoms with E-state index in [0.717, 1.165) is 10.8 Å². The van der Waals surface area contributed by atoms with Crippen LogP contribution in [0.5, 0.6) is 5.75 Å². The monoisotopic (exact) mass is 444 g/mol. The number of hydrogen-bond donors (Lipinski definition) is 2. The topological polar surface area (TPSA) is 102 Å². The summed E-state index contributed by atoms with van der Waals surface area (Å²) in [5, 5.41) is 12.6. The highest BCUT2D eigenvalue weighted by Crippen LogP contribution is 2.21. The molecular formula is C19H17BrN4O4. The second-order valence-corrected chi connectivity index (χ2v) is 7.17. The largest absolute Gasteiger partial charge is 0.491 e. The van der Waals surface area contributed by atoms with E-state index in [-0.39, 0.29) is 24.3 Å². The third-order valence-corrected chi connectivity index (χ3v) is 5.12. The highest BCUT2D eigenvalue weighted by atomic mass is 79.9. The first kappa shape index (κ1) is 18.5. The number of aliphatic hydroxyl groups excluding tert-OH is 1. The van der Waals surface area contributed by atoms with Gasteiger partial charge in [-0.15, -0.1) is 0 Å². The molecule has 9 heteroatoms. The normalized spacial score (nSPS) is 12.5. The number of H-pyrrole nitrogens is 1. The fraction of sp³-hybridized carbons (Fsp3) is 0.211. The molecule has 2 N–H and O–H groups in total. The highest BCUT2D eigenvalue weighted by Gasteiger charge is 2.18. The first-order chi connectivity index (χ1) is 13.4. The van der Waals surface area contributed by atoms with Crippen molar-refractivity contribution >= 4 is 37.9 Å². The third kappa shape index (κ3) is 3.34. The summed E-state index contributed by atoms with van der Waals surface area (Å²) in [5.41, 5.74) is -0.657. The van der Waals surface area contributed by atoms with Gasteiger partial charge in [-0.25, -0.2) is 9.78 Å². The number of aryl methyl sites for hydroxylation is 1. The van der Waals surface area contributed by atoms with Crippen molar-refractivity contribution in [2.24, 2.45) is 7.05 Å². The summed E-state index contributed by atoms with van der Waals surface area (Å²) >= 11 is 3.29. The van der Waals surface area contributed by atoms with E-state index in [4.69, 9.17) is 4.74 Å². The SMILES string of the molecule is Cn1c(=O)[nH]c(=O)c2c1nc(Br)n2CC(O)COc1ccc2ccccc2c1. The van der Waals surface area contributed by atoms with E-state index in [1.807, 2.05) is 42.5 Å². The van der Waals surface area contributed by atoms with Gasteiger partial charge in [0, 0.05) is 7.05 Å². The molecule has 0 bridgehead atoms. The van der Waals surface area contributed by atoms with E-state index in [1.54, 1.807) is 0 Å². The van der Waals surface area contributed by atoms with Crippen LogP contribution in [0.4, 0.5) is 0 Å². The lowest BCUT2D eigenvalue weighted by molar-refractivity contribution is 0.0929. The molecular weight excluding hydrogens is 428 g/mol. The lowest BCUT2D eigenvalue weighted by Crippen LogP contribution is -2.30. The number of aromatic nitrogens is 4. The summed E-state index contributed by atoms with van der Waals surface area (Å²) in [6.45, 7) is 0.111. The van der Waals surface area contributed by atoms with Gasteiger partial charge in [-0.3, -0.25) is 14.3 Å². The van der Waals surface area contributed by atoms with E-state index in [9.17, 15) is 14.7 Å². The predicted molar refractivity (Wildman–Crippen MR) is 109 cm³/mol. The van der Waals surface area contributed by atoms with Crippen LogP contribution in [-0.2, 0) is 13.6 Å². The van der Waals surface area contributed by atoms with Crippen LogP contribution >= 0.6 is 15.9 Å². The summed E-state index contributed by atoms with van der Waals surface area (Å²) in [5.74, 6) is 0.646. The van der Waals surface area contributed by atoms with E-state index < -0.39 is 17.4 Å². The number of rotatable bonds is 5. The van der Waals surface area contributed by atoms with Crippen molar-refractivity contribution in [2.45, 2.75) is 12.6 Å². The molecule has 0 aliphatic rings. The number of ether oxygens (including phenoxy) is 1. The first-order valence-corrected chi connectivity index (χ1v) is 9.38. The maximum absolute atomic E-state index is 12.2. The Bertz CT molecular complexity index is 1290. The minimum Gasteiger partial charge on any atom is -0.491 e. The van der Waals surface area contributed by atoms with E-state index >= 15 is 0 Å². The third-order valence-electron chi connectivity index (χ3n) is 4.52. The number of aromatic amines is 1. The van der Waals surface area contributed by atoms with Crippen LogP contribution in [0.25, 0.3) is 21.9 Å². The molecule has 2 heterocycles. The maximum Gasteiger partial charge on any atom is 0.329 e. The van der Waals surface area contributed by atoms with Crippen molar-refractivity contribution in [3.05, 3.63) is 68.0 Å². The van der Waals surface area contributed by atoms with Crippen molar-refractivity contribution in [3.8, 4) is 5.75 Å². The average Bonchev–Trinajstić information content (AvgIpc) is 3.01. The molecule has 2 aromatic heterocycles. The molecule has 8 nitrogen and oxygen atoms in total. The van der Waals surface area contributed by atoms with Gasteiger partial charge in [0.2, 0.25) is 0 Å². The maximum atomic E-state index is 12.2. The second-order valence-electron chi connectivity index (χ2n) is 6.46. The zero-order valence-corrected chi connectivity index (χ0v) is 16.5. The Hall–Kier alpha value is -2.91. The van der Waals surface area contributed by atoms with Gasteiger partial charge in [0.25, 0.3) is 5.56 Å². The number of nitrogens with zero attached hydrogens (tertiary/aromatic N) is 3. The average molecular weight is 445 g/mol. The van der Waals surface area contributed by atoms with E-state index in [1.165, 1.54) is 16.2 Å². The Kier molecular flexibility index (Phi) is 4.78. The summed E-state index contributed by atoms with van der Waals surface area (Å²) in [6.07, 6.45) is -0.892. The minimum absolute atomic E-state index is 0.0358. The molecule has 0 radical (unpaired) electrons. The van der Waals surface area contributed by atoms with Crippen molar-refractivity contribution in [2.75, 3.05) is 6.61 Å². The Labute approximate surface area is 167 Å². The molecule has 0 amide bonds. The van der Waals surface area contributed by atoms with Crippen molar-refractivity contribution in [3.63, 3.8) is 0 Å². The van der Waals surface area contributed by atoms with Gasteiger partial charge in [0.1, 0.15) is 18.5 Å². The standard InChI is InChI=1S/C19H17BrN4O4/c1-23-16-15(17(26)22-19(23)27)24(18(20)21-16)9-13(25)10-28-14-7-6-11-4-2-3-5-12(11)8-14/h2-8,13,25H,9-10H2,1H3,(H,22,26,27). The van der Waals surface area contributed by atoms with Gasteiger partial charge in [-0.2, -0.15) is 0 Å². The van der Waals surface area contributed by atoms with Gasteiger partial charge in [-0.1, -0.05) is 30.3 Å². The fourth-order valence-corrected chi connectivity index (χ4v) is 3.58. The molecule has 0 fully saturated rings. The lowest BCUT2D eigenvalue weighted by atomic mass is 10.1. The van der Waals surface area contributed by atoms with Crippen LogP contribution in [0.3, 0.4) is 0 Å². The molecule has 1 atom stereocenters. The Morgan fingerprint density at radius 2 is 1.96 bits per heavy atom. The second kappa shape index (κ2) is 7.25. The lowest BCUT2D eigenvalue weighted by Gasteiger charge is -2.14. The van der Waals surface area contributed by atoms with Crippen molar-refractivity contribution in [1.29, 1.82) is 0 Å². The zero-order chi connectivity index (χ0) is 19.8. The summed E-state index contributed by atoms with van der Waals surface area (Å²) in [7, 11) is 1.52. The molecule has 0 spiro atoms. The number of imidazole rings is 1. The van der Waals surface area contributed by atoms with Crippen LogP contribution in [0.15, 0.2) is 56.8 Å². The molecule has 0 saturated carbocycles. The number of aliphatic hydroxyl groups is 1. The number of halogens is 1. The van der Waals surface area contributed by atoms with E-state index in [0.29, 0.717) is 10.5 Å². The molecule has 144 valence electrons. The molecule has 28 heavy (non-hydrogen) atoms. The van der Waals surface area contributed by atoms with E-state index in [2.05, 4.69) is 25.9 Å². The predicted octanol–water partition coefficient (Wildman–Crippen LogP) is 1.78. The quantitative estimate of drug-likeness (QED) is 0.456. The summed E-state index contributed by atoms with van der Waals surface area (Å²) in [6, 6.07) is 13.6. The van der Waals surface area contributed by atoms with Crippen LogP contribution < -0.4 is 16.0 Å². The highest BCUT2D eigenvalue weighted by molar-refractivity contribution is 9.10. The van der Waals surface area contributed by atoms with Gasteiger partial charge in [0.15, 0.2) is 15.9 Å². The zero-order valence-electron chi connectivity index (χ0n) is 14.9. The first-order valence-electron chi connectivity index (χ1n) is 8.59. The fourth-order valence-electron chi connectivity index (χ4n) is 3.09. The molecule has 4 aromatic rings. The molecule has 0 aliphatic heterocycles. The smallest absolute Gasteiger partial charge is 0.329 e. The number of hydrogen-bond acceptors (Lipinski definition) is 5. The van der Waals surface area contributed by atoms with Gasteiger partial charge in [-0.05, 0) is 38.8 Å². The Balaban J connectivity index is 1.54. The van der Waals surface area contributed by atoms with Crippen LogP contribution in [0, 0.1) is 0 Å². The van der Waals surface area contributed by atoms with Crippen LogP contribution in [0.1, 0.15) is 0 Å². The van der Waals surface area contributed by atoms with Crippen LogP contribution in [0.2, 0.25) is 0 Å². The molecule has 4 rings (SSSR count). The van der Waals surface area contributed by atoms with Gasteiger partial charge < -0.3 is 14.4 Å². The molecule has 2 aromatic carbocycles. The molecule has 1 unspecified atom stereocenters. The van der Waals surface area contributed by atoms with Gasteiger partial charge in [0.05, 0.1) is 6.54 Å². The summed E-state index contributed by atoms with van der Waals surface area (Å²) < 4.78 is 8.82. The number of fused-ring (bicyclic) bond motifs is 2. The van der Waals surface area contributed by atoms with Crippen molar-refractivity contribution < 1.29 is 9.84 Å².